The van der Waals surface area contributed by atoms with Crippen molar-refractivity contribution in [3.05, 3.63) is 35.6 Å². The van der Waals surface area contributed by atoms with E-state index in [1.807, 2.05) is 0 Å². The largest absolute Gasteiger partial charge is 0.481 e. The molecule has 0 radical (unpaired) electrons. The number of carbonyl (C=O) groups excluding carboxylic acids is 1. The van der Waals surface area contributed by atoms with E-state index in [2.05, 4.69) is 5.32 Å². The summed E-state index contributed by atoms with van der Waals surface area (Å²) in [5, 5.41) is 12.1. The number of nitrogens with one attached hydrogen (secondary N) is 1. The molecule has 21 heavy (non-hydrogen) atoms. The van der Waals surface area contributed by atoms with Crippen molar-refractivity contribution >= 4 is 11.9 Å². The van der Waals surface area contributed by atoms with Gasteiger partial charge in [-0.2, -0.15) is 0 Å². The Labute approximate surface area is 124 Å². The molecule has 0 fully saturated rings. The van der Waals surface area contributed by atoms with Crippen LogP contribution in [0.25, 0.3) is 0 Å². The lowest BCUT2D eigenvalue weighted by Crippen LogP contribution is -2.37. The van der Waals surface area contributed by atoms with Crippen LogP contribution in [0.1, 0.15) is 51.6 Å². The summed E-state index contributed by atoms with van der Waals surface area (Å²) in [7, 11) is 0. The Morgan fingerprint density at radius 3 is 2.19 bits per heavy atom. The van der Waals surface area contributed by atoms with Gasteiger partial charge in [-0.25, -0.2) is 4.39 Å². The van der Waals surface area contributed by atoms with Crippen LogP contribution in [0.5, 0.6) is 0 Å². The van der Waals surface area contributed by atoms with Gasteiger partial charge in [0.05, 0.1) is 11.5 Å². The first-order chi connectivity index (χ1) is 9.84. The van der Waals surface area contributed by atoms with Crippen LogP contribution in [0.15, 0.2) is 24.3 Å². The lowest BCUT2D eigenvalue weighted by Gasteiger charge is -2.26. The Morgan fingerprint density at radius 1 is 1.24 bits per heavy atom. The number of carboxylic acids is 1. The zero-order chi connectivity index (χ0) is 16.0. The number of rotatable bonds is 7. The number of carbonyl (C=O) groups is 2. The van der Waals surface area contributed by atoms with Gasteiger partial charge in [-0.15, -0.1) is 0 Å². The summed E-state index contributed by atoms with van der Waals surface area (Å²) in [6.45, 7) is 5.33. The van der Waals surface area contributed by atoms with Gasteiger partial charge in [0.2, 0.25) is 5.91 Å². The molecule has 1 amide bonds. The van der Waals surface area contributed by atoms with Crippen molar-refractivity contribution in [3.63, 3.8) is 0 Å². The van der Waals surface area contributed by atoms with Gasteiger partial charge >= 0.3 is 5.97 Å². The van der Waals surface area contributed by atoms with Crippen LogP contribution < -0.4 is 5.32 Å². The van der Waals surface area contributed by atoms with Gasteiger partial charge in [0.15, 0.2) is 0 Å². The van der Waals surface area contributed by atoms with E-state index >= 15 is 0 Å². The minimum atomic E-state index is -1.02. The molecule has 0 bridgehead atoms. The van der Waals surface area contributed by atoms with Crippen molar-refractivity contribution in [3.8, 4) is 0 Å². The topological polar surface area (TPSA) is 66.4 Å². The zero-order valence-corrected chi connectivity index (χ0v) is 12.6. The van der Waals surface area contributed by atoms with Crippen LogP contribution in [-0.4, -0.2) is 17.0 Å². The van der Waals surface area contributed by atoms with E-state index in [4.69, 9.17) is 0 Å². The Hall–Kier alpha value is -1.91. The van der Waals surface area contributed by atoms with Gasteiger partial charge < -0.3 is 10.4 Å². The molecule has 1 atom stereocenters. The summed E-state index contributed by atoms with van der Waals surface area (Å²) in [6, 6.07) is 5.57. The third-order valence-electron chi connectivity index (χ3n) is 4.05. The van der Waals surface area contributed by atoms with Crippen molar-refractivity contribution < 1.29 is 19.1 Å². The number of hydrogen-bond acceptors (Lipinski definition) is 2. The maximum Gasteiger partial charge on any atom is 0.310 e. The van der Waals surface area contributed by atoms with E-state index in [-0.39, 0.29) is 24.2 Å². The molecule has 0 aliphatic heterocycles. The summed E-state index contributed by atoms with van der Waals surface area (Å²) in [5.74, 6) is -1.59. The smallest absolute Gasteiger partial charge is 0.310 e. The fourth-order valence-corrected chi connectivity index (χ4v) is 2.31. The molecular formula is C16H22FNO3. The molecule has 1 unspecified atom stereocenters. The molecule has 116 valence electrons. The molecule has 0 aromatic heterocycles. The highest BCUT2D eigenvalue weighted by atomic mass is 19.1. The van der Waals surface area contributed by atoms with Crippen molar-refractivity contribution in [1.82, 2.24) is 5.32 Å². The number of aliphatic carboxylic acids is 1. The minimum absolute atomic E-state index is 0.0547. The Bertz CT molecular complexity index is 495. The third kappa shape index (κ3) is 4.28. The number of amides is 1. The standard InChI is InChI=1S/C16H22FNO3/c1-4-16(5-2,15(20)21)10-14(19)18-11(3)12-6-8-13(17)9-7-12/h6-9,11H,4-5,10H2,1-3H3,(H,18,19)(H,20,21). The first-order valence-corrected chi connectivity index (χ1v) is 7.13. The molecule has 2 N–H and O–H groups in total. The van der Waals surface area contributed by atoms with Crippen molar-refractivity contribution in [2.45, 2.75) is 46.1 Å². The second kappa shape index (κ2) is 7.20. The zero-order valence-electron chi connectivity index (χ0n) is 12.6. The van der Waals surface area contributed by atoms with E-state index < -0.39 is 11.4 Å². The number of halogens is 1. The minimum Gasteiger partial charge on any atom is -0.481 e. The Kier molecular flexibility index (Phi) is 5.88. The van der Waals surface area contributed by atoms with Crippen LogP contribution in [-0.2, 0) is 9.59 Å². The first kappa shape index (κ1) is 17.1. The molecule has 0 heterocycles. The fourth-order valence-electron chi connectivity index (χ4n) is 2.31. The first-order valence-electron chi connectivity index (χ1n) is 7.13. The molecule has 1 aromatic rings. The lowest BCUT2D eigenvalue weighted by molar-refractivity contribution is -0.152. The molecule has 0 spiro atoms. The second-order valence-corrected chi connectivity index (χ2v) is 5.31. The quantitative estimate of drug-likeness (QED) is 0.811. The van der Waals surface area contributed by atoms with Crippen molar-refractivity contribution in [1.29, 1.82) is 0 Å². The van der Waals surface area contributed by atoms with Crippen molar-refractivity contribution in [2.24, 2.45) is 5.41 Å². The van der Waals surface area contributed by atoms with Gasteiger partial charge in [0.25, 0.3) is 0 Å². The average Bonchev–Trinajstić information content (AvgIpc) is 2.45. The molecular weight excluding hydrogens is 273 g/mol. The van der Waals surface area contributed by atoms with Gasteiger partial charge in [0.1, 0.15) is 5.82 Å². The number of hydrogen-bond donors (Lipinski definition) is 2. The Balaban J connectivity index is 2.72. The molecule has 5 heteroatoms. The molecule has 4 nitrogen and oxygen atoms in total. The third-order valence-corrected chi connectivity index (χ3v) is 4.05. The highest BCUT2D eigenvalue weighted by molar-refractivity contribution is 5.85. The predicted molar refractivity (Wildman–Crippen MR) is 78.2 cm³/mol. The monoisotopic (exact) mass is 295 g/mol. The Morgan fingerprint density at radius 2 is 1.76 bits per heavy atom. The summed E-state index contributed by atoms with van der Waals surface area (Å²) in [4.78, 5) is 23.5. The van der Waals surface area contributed by atoms with Crippen LogP contribution in [0, 0.1) is 11.2 Å². The van der Waals surface area contributed by atoms with Crippen molar-refractivity contribution in [2.75, 3.05) is 0 Å². The summed E-state index contributed by atoms with van der Waals surface area (Å²) in [6.07, 6.45) is 0.745. The maximum absolute atomic E-state index is 12.9. The van der Waals surface area contributed by atoms with Crippen LogP contribution in [0.3, 0.4) is 0 Å². The second-order valence-electron chi connectivity index (χ2n) is 5.31. The van der Waals surface area contributed by atoms with Gasteiger partial charge in [-0.1, -0.05) is 26.0 Å². The van der Waals surface area contributed by atoms with Gasteiger partial charge in [0, 0.05) is 6.42 Å². The normalized spacial score (nSPS) is 12.8. The molecule has 0 aliphatic rings. The molecule has 0 saturated heterocycles. The summed E-state index contributed by atoms with van der Waals surface area (Å²) in [5.41, 5.74) is -0.245. The van der Waals surface area contributed by atoms with Crippen LogP contribution >= 0.6 is 0 Å². The van der Waals surface area contributed by atoms with E-state index in [1.165, 1.54) is 12.1 Å². The molecule has 1 rings (SSSR count). The van der Waals surface area contributed by atoms with E-state index in [0.717, 1.165) is 5.56 Å². The van der Waals surface area contributed by atoms with Gasteiger partial charge in [-0.05, 0) is 37.5 Å². The summed E-state index contributed by atoms with van der Waals surface area (Å²) >= 11 is 0. The number of benzene rings is 1. The lowest BCUT2D eigenvalue weighted by atomic mass is 9.79. The van der Waals surface area contributed by atoms with E-state index in [1.54, 1.807) is 32.9 Å². The van der Waals surface area contributed by atoms with Crippen LogP contribution in [0.4, 0.5) is 4.39 Å². The molecule has 0 saturated carbocycles. The van der Waals surface area contributed by atoms with E-state index in [0.29, 0.717) is 12.8 Å². The SMILES string of the molecule is CCC(CC)(CC(=O)NC(C)c1ccc(F)cc1)C(=O)O. The highest BCUT2D eigenvalue weighted by Crippen LogP contribution is 2.31. The average molecular weight is 295 g/mol. The maximum atomic E-state index is 12.9. The summed E-state index contributed by atoms with van der Waals surface area (Å²) < 4.78 is 12.9. The van der Waals surface area contributed by atoms with Crippen LogP contribution in [0.2, 0.25) is 0 Å². The van der Waals surface area contributed by atoms with E-state index in [9.17, 15) is 19.1 Å². The van der Waals surface area contributed by atoms with Gasteiger partial charge in [-0.3, -0.25) is 9.59 Å². The number of carboxylic acid groups (broad SMARTS) is 1. The fraction of sp³-hybridized carbons (Fsp3) is 0.500. The highest BCUT2D eigenvalue weighted by Gasteiger charge is 2.37. The molecule has 1 aromatic carbocycles. The molecule has 0 aliphatic carbocycles. The predicted octanol–water partition coefficient (Wildman–Crippen LogP) is 3.28.